The van der Waals surface area contributed by atoms with Gasteiger partial charge in [-0.15, -0.1) is 0 Å². The Kier molecular flexibility index (Phi) is 2.98. The molecule has 0 fully saturated rings. The van der Waals surface area contributed by atoms with Gasteiger partial charge < -0.3 is 9.15 Å². The number of oxazole rings is 1. The predicted molar refractivity (Wildman–Crippen MR) is 70.2 cm³/mol. The molecule has 19 heavy (non-hydrogen) atoms. The Balaban J connectivity index is 1.76. The van der Waals surface area contributed by atoms with Crippen molar-refractivity contribution in [2.45, 2.75) is 6.61 Å². The molecule has 4 nitrogen and oxygen atoms in total. The van der Waals surface area contributed by atoms with Crippen LogP contribution in [-0.2, 0) is 6.61 Å². The number of para-hydroxylation sites is 2. The van der Waals surface area contributed by atoms with E-state index in [1.54, 1.807) is 24.3 Å². The summed E-state index contributed by atoms with van der Waals surface area (Å²) in [4.78, 5) is 15.0. The molecular weight excluding hydrogens is 242 g/mol. The molecule has 0 aliphatic carbocycles. The van der Waals surface area contributed by atoms with E-state index in [1.165, 1.54) is 0 Å². The molecule has 0 atom stereocenters. The lowest BCUT2D eigenvalue weighted by atomic mass is 10.2. The fourth-order valence-electron chi connectivity index (χ4n) is 1.80. The van der Waals surface area contributed by atoms with Gasteiger partial charge in [0.2, 0.25) is 5.89 Å². The molecule has 1 heterocycles. The first kappa shape index (κ1) is 11.5. The monoisotopic (exact) mass is 253 g/mol. The van der Waals surface area contributed by atoms with E-state index >= 15 is 0 Å². The summed E-state index contributed by atoms with van der Waals surface area (Å²) in [5, 5.41) is 0. The molecule has 94 valence electrons. The molecule has 4 heteroatoms. The van der Waals surface area contributed by atoms with Gasteiger partial charge in [0.1, 0.15) is 17.6 Å². The van der Waals surface area contributed by atoms with Crippen LogP contribution in [0, 0.1) is 0 Å². The number of nitrogens with zero attached hydrogens (tertiary/aromatic N) is 1. The number of benzene rings is 2. The normalized spacial score (nSPS) is 10.5. The molecule has 3 rings (SSSR count). The molecule has 0 saturated heterocycles. The largest absolute Gasteiger partial charge is 0.484 e. The molecular formula is C15H11NO3. The van der Waals surface area contributed by atoms with E-state index in [0.717, 1.165) is 17.4 Å². The lowest BCUT2D eigenvalue weighted by Crippen LogP contribution is -1.95. The minimum absolute atomic E-state index is 0.233. The maximum Gasteiger partial charge on any atom is 0.233 e. The van der Waals surface area contributed by atoms with Gasteiger partial charge in [-0.1, -0.05) is 24.3 Å². The average Bonchev–Trinajstić information content (AvgIpc) is 2.88. The zero-order chi connectivity index (χ0) is 13.1. The molecule has 0 spiro atoms. The lowest BCUT2D eigenvalue weighted by Gasteiger charge is -2.03. The van der Waals surface area contributed by atoms with Crippen LogP contribution < -0.4 is 4.74 Å². The van der Waals surface area contributed by atoms with Crippen LogP contribution in [0.15, 0.2) is 52.9 Å². The van der Waals surface area contributed by atoms with Crippen LogP contribution in [0.5, 0.6) is 5.75 Å². The number of fused-ring (bicyclic) bond motifs is 1. The fourth-order valence-corrected chi connectivity index (χ4v) is 1.80. The number of aromatic nitrogens is 1. The second-order valence-electron chi connectivity index (χ2n) is 4.05. The van der Waals surface area contributed by atoms with Gasteiger partial charge in [0.05, 0.1) is 0 Å². The standard InChI is InChI=1S/C15H11NO3/c17-9-11-4-3-5-12(8-11)18-10-15-16-13-6-1-2-7-14(13)19-15/h1-9H,10H2. The van der Waals surface area contributed by atoms with Gasteiger partial charge in [-0.3, -0.25) is 4.79 Å². The zero-order valence-electron chi connectivity index (χ0n) is 10.1. The number of hydrogen-bond donors (Lipinski definition) is 0. The fraction of sp³-hybridized carbons (Fsp3) is 0.0667. The van der Waals surface area contributed by atoms with Gasteiger partial charge >= 0.3 is 0 Å². The number of carbonyl (C=O) groups is 1. The molecule has 0 unspecified atom stereocenters. The number of ether oxygens (including phenoxy) is 1. The quantitative estimate of drug-likeness (QED) is 0.670. The molecule has 0 amide bonds. The van der Waals surface area contributed by atoms with Crippen LogP contribution in [0.3, 0.4) is 0 Å². The van der Waals surface area contributed by atoms with E-state index in [0.29, 0.717) is 17.2 Å². The second-order valence-corrected chi connectivity index (χ2v) is 4.05. The van der Waals surface area contributed by atoms with Gasteiger partial charge in [-0.2, -0.15) is 0 Å². The van der Waals surface area contributed by atoms with E-state index < -0.39 is 0 Å². The molecule has 2 aromatic carbocycles. The van der Waals surface area contributed by atoms with Crippen LogP contribution in [-0.4, -0.2) is 11.3 Å². The van der Waals surface area contributed by atoms with Crippen molar-refractivity contribution in [3.05, 3.63) is 60.0 Å². The highest BCUT2D eigenvalue weighted by Gasteiger charge is 2.05. The summed E-state index contributed by atoms with van der Waals surface area (Å²) in [7, 11) is 0. The molecule has 1 aromatic heterocycles. The van der Waals surface area contributed by atoms with Crippen molar-refractivity contribution >= 4 is 17.4 Å². The van der Waals surface area contributed by atoms with Crippen molar-refractivity contribution in [1.29, 1.82) is 0 Å². The summed E-state index contributed by atoms with van der Waals surface area (Å²) >= 11 is 0. The summed E-state index contributed by atoms with van der Waals surface area (Å²) in [6.45, 7) is 0.233. The Morgan fingerprint density at radius 1 is 1.16 bits per heavy atom. The Hall–Kier alpha value is -2.62. The molecule has 0 N–H and O–H groups in total. The molecule has 0 aliphatic rings. The summed E-state index contributed by atoms with van der Waals surface area (Å²) < 4.78 is 11.1. The van der Waals surface area contributed by atoms with Crippen LogP contribution >= 0.6 is 0 Å². The maximum atomic E-state index is 10.7. The molecule has 0 saturated carbocycles. The Morgan fingerprint density at radius 3 is 2.89 bits per heavy atom. The van der Waals surface area contributed by atoms with Gasteiger partial charge in [-0.25, -0.2) is 4.98 Å². The van der Waals surface area contributed by atoms with Crippen molar-refractivity contribution in [2.24, 2.45) is 0 Å². The number of rotatable bonds is 4. The second kappa shape index (κ2) is 4.94. The van der Waals surface area contributed by atoms with Gasteiger partial charge in [-0.05, 0) is 24.3 Å². The number of aldehydes is 1. The van der Waals surface area contributed by atoms with Crippen molar-refractivity contribution in [1.82, 2.24) is 4.98 Å². The highest BCUT2D eigenvalue weighted by atomic mass is 16.5. The summed E-state index contributed by atoms with van der Waals surface area (Å²) in [5.41, 5.74) is 2.13. The first-order valence-corrected chi connectivity index (χ1v) is 5.87. The minimum Gasteiger partial charge on any atom is -0.484 e. The van der Waals surface area contributed by atoms with Crippen LogP contribution in [0.25, 0.3) is 11.1 Å². The smallest absolute Gasteiger partial charge is 0.233 e. The Morgan fingerprint density at radius 2 is 2.05 bits per heavy atom. The Labute approximate surface area is 109 Å². The first-order chi connectivity index (χ1) is 9.35. The molecule has 3 aromatic rings. The van der Waals surface area contributed by atoms with Gasteiger partial charge in [0, 0.05) is 5.56 Å². The maximum absolute atomic E-state index is 10.7. The highest BCUT2D eigenvalue weighted by Crippen LogP contribution is 2.17. The number of carbonyl (C=O) groups excluding carboxylic acids is 1. The van der Waals surface area contributed by atoms with E-state index in [9.17, 15) is 4.79 Å². The zero-order valence-corrected chi connectivity index (χ0v) is 10.1. The summed E-state index contributed by atoms with van der Waals surface area (Å²) in [6, 6.07) is 14.5. The molecule has 0 bridgehead atoms. The third kappa shape index (κ3) is 2.47. The molecule has 0 aliphatic heterocycles. The Bertz CT molecular complexity index is 685. The summed E-state index contributed by atoms with van der Waals surface area (Å²) in [5.74, 6) is 1.13. The lowest BCUT2D eigenvalue weighted by molar-refractivity contribution is 0.112. The van der Waals surface area contributed by atoms with E-state index in [2.05, 4.69) is 4.98 Å². The first-order valence-electron chi connectivity index (χ1n) is 5.87. The molecule has 0 radical (unpaired) electrons. The van der Waals surface area contributed by atoms with E-state index in [-0.39, 0.29) is 6.61 Å². The van der Waals surface area contributed by atoms with Crippen molar-refractivity contribution in [3.8, 4) is 5.75 Å². The van der Waals surface area contributed by atoms with Crippen molar-refractivity contribution in [2.75, 3.05) is 0 Å². The number of hydrogen-bond acceptors (Lipinski definition) is 4. The average molecular weight is 253 g/mol. The van der Waals surface area contributed by atoms with Gasteiger partial charge in [0.15, 0.2) is 12.2 Å². The third-order valence-corrected chi connectivity index (χ3v) is 2.69. The van der Waals surface area contributed by atoms with E-state index in [4.69, 9.17) is 9.15 Å². The summed E-state index contributed by atoms with van der Waals surface area (Å²) in [6.07, 6.45) is 0.784. The third-order valence-electron chi connectivity index (χ3n) is 2.69. The predicted octanol–water partition coefficient (Wildman–Crippen LogP) is 3.22. The SMILES string of the molecule is O=Cc1cccc(OCc2nc3ccccc3o2)c1. The van der Waals surface area contributed by atoms with Crippen LogP contribution in [0.4, 0.5) is 0 Å². The van der Waals surface area contributed by atoms with Crippen molar-refractivity contribution < 1.29 is 13.9 Å². The van der Waals surface area contributed by atoms with Crippen LogP contribution in [0.2, 0.25) is 0 Å². The topological polar surface area (TPSA) is 52.3 Å². The highest BCUT2D eigenvalue weighted by molar-refractivity contribution is 5.75. The van der Waals surface area contributed by atoms with Crippen molar-refractivity contribution in [3.63, 3.8) is 0 Å². The van der Waals surface area contributed by atoms with Gasteiger partial charge in [0.25, 0.3) is 0 Å². The van der Waals surface area contributed by atoms with Crippen LogP contribution in [0.1, 0.15) is 16.2 Å². The van der Waals surface area contributed by atoms with E-state index in [1.807, 2.05) is 24.3 Å². The minimum atomic E-state index is 0.233.